The first kappa shape index (κ1) is 27.3. The number of aryl methyl sites for hydroxylation is 2. The minimum Gasteiger partial charge on any atom is -0.376 e. The zero-order valence-electron chi connectivity index (χ0n) is 20.6. The van der Waals surface area contributed by atoms with Crippen molar-refractivity contribution in [2.24, 2.45) is 5.73 Å². The number of primary amides is 1. The topological polar surface area (TPSA) is 99.6 Å². The van der Waals surface area contributed by atoms with E-state index in [4.69, 9.17) is 10.5 Å². The molecule has 204 valence electrons. The highest BCUT2D eigenvalue weighted by molar-refractivity contribution is 5.85. The number of nitrogens with two attached hydrogens (primary N) is 1. The normalized spacial score (nSPS) is 15.4. The molecule has 1 aromatic heterocycles. The van der Waals surface area contributed by atoms with Gasteiger partial charge < -0.3 is 15.4 Å². The molecule has 1 aliphatic heterocycles. The monoisotopic (exact) mass is 540 g/mol. The first-order valence-corrected chi connectivity index (χ1v) is 11.8. The van der Waals surface area contributed by atoms with Crippen molar-refractivity contribution in [3.05, 3.63) is 68.4 Å². The maximum atomic E-state index is 14.4. The SMILES string of the molecule is Cc1cc2c(cc1C)n(Cc1c(F)c(F)c(F)c(F)c1F)c(=O)n2CC(=O)N(CC(N)=O)CC1CCCO1. The van der Waals surface area contributed by atoms with Crippen molar-refractivity contribution in [3.8, 4) is 0 Å². The molecule has 2 N–H and O–H groups in total. The third-order valence-corrected chi connectivity index (χ3v) is 6.69. The van der Waals surface area contributed by atoms with Crippen LogP contribution in [0.1, 0.15) is 29.5 Å². The van der Waals surface area contributed by atoms with E-state index in [1.165, 1.54) is 11.0 Å². The maximum absolute atomic E-state index is 14.4. The molecule has 2 amide bonds. The molecule has 38 heavy (non-hydrogen) atoms. The molecule has 2 aromatic carbocycles. The Bertz CT molecular complexity index is 1460. The number of hydrogen-bond acceptors (Lipinski definition) is 4. The standard InChI is InChI=1S/C25H25F5N4O4/c1-12-6-16-17(7-13(12)2)34(11-19(36)32(10-18(31)35)8-14-4-3-5-38-14)25(37)33(16)9-15-20(26)22(28)24(30)23(29)21(15)27/h6-7,14H,3-5,8-11H2,1-2H3,(H2,31,35). The van der Waals surface area contributed by atoms with Gasteiger partial charge in [0.1, 0.15) is 6.54 Å². The molecule has 1 unspecified atom stereocenters. The van der Waals surface area contributed by atoms with E-state index in [2.05, 4.69) is 0 Å². The second kappa shape index (κ2) is 10.6. The summed E-state index contributed by atoms with van der Waals surface area (Å²) in [7, 11) is 0. The summed E-state index contributed by atoms with van der Waals surface area (Å²) in [5, 5.41) is 0. The molecule has 3 aromatic rings. The predicted octanol–water partition coefficient (Wildman–Crippen LogP) is 2.66. The minimum atomic E-state index is -2.31. The van der Waals surface area contributed by atoms with Gasteiger partial charge in [-0.1, -0.05) is 0 Å². The number of carbonyl (C=O) groups excluding carboxylic acids is 2. The molecule has 1 aliphatic rings. The largest absolute Gasteiger partial charge is 0.376 e. The van der Waals surface area contributed by atoms with E-state index >= 15 is 0 Å². The van der Waals surface area contributed by atoms with Crippen molar-refractivity contribution in [2.45, 2.75) is 45.9 Å². The van der Waals surface area contributed by atoms with Crippen molar-refractivity contribution in [2.75, 3.05) is 19.7 Å². The second-order valence-electron chi connectivity index (χ2n) is 9.30. The average molecular weight is 540 g/mol. The molecule has 1 atom stereocenters. The Morgan fingerprint density at radius 2 is 1.53 bits per heavy atom. The van der Waals surface area contributed by atoms with Gasteiger partial charge in [0.05, 0.1) is 30.2 Å². The summed E-state index contributed by atoms with van der Waals surface area (Å²) in [4.78, 5) is 39.4. The molecule has 4 rings (SSSR count). The molecule has 0 spiro atoms. The highest BCUT2D eigenvalue weighted by atomic mass is 19.2. The molecule has 0 radical (unpaired) electrons. The highest BCUT2D eigenvalue weighted by Crippen LogP contribution is 2.26. The molecule has 0 bridgehead atoms. The van der Waals surface area contributed by atoms with E-state index in [0.29, 0.717) is 18.6 Å². The van der Waals surface area contributed by atoms with Gasteiger partial charge in [0, 0.05) is 18.7 Å². The van der Waals surface area contributed by atoms with Crippen LogP contribution in [0.4, 0.5) is 22.0 Å². The number of hydrogen-bond donors (Lipinski definition) is 1. The van der Waals surface area contributed by atoms with Gasteiger partial charge in [0.25, 0.3) is 0 Å². The molecule has 8 nitrogen and oxygen atoms in total. The van der Waals surface area contributed by atoms with E-state index < -0.39 is 71.8 Å². The minimum absolute atomic E-state index is 0.0673. The molecule has 0 aliphatic carbocycles. The number of benzene rings is 2. The number of ether oxygens (including phenoxy) is 1. The Balaban J connectivity index is 1.79. The van der Waals surface area contributed by atoms with Gasteiger partial charge in [0.2, 0.25) is 17.6 Å². The Hall–Kier alpha value is -3.74. The summed E-state index contributed by atoms with van der Waals surface area (Å²) >= 11 is 0. The van der Waals surface area contributed by atoms with Crippen LogP contribution in [0.15, 0.2) is 16.9 Å². The predicted molar refractivity (Wildman–Crippen MR) is 126 cm³/mol. The number of aromatic nitrogens is 2. The number of rotatable bonds is 8. The number of halogens is 5. The van der Waals surface area contributed by atoms with Crippen LogP contribution in [0.3, 0.4) is 0 Å². The Morgan fingerprint density at radius 3 is 2.05 bits per heavy atom. The number of fused-ring (bicyclic) bond motifs is 1. The lowest BCUT2D eigenvalue weighted by Crippen LogP contribution is -2.45. The lowest BCUT2D eigenvalue weighted by molar-refractivity contribution is -0.137. The van der Waals surface area contributed by atoms with Crippen LogP contribution < -0.4 is 11.4 Å². The van der Waals surface area contributed by atoms with Gasteiger partial charge in [-0.15, -0.1) is 0 Å². The molecular weight excluding hydrogens is 515 g/mol. The van der Waals surface area contributed by atoms with Gasteiger partial charge in [0.15, 0.2) is 23.3 Å². The molecule has 1 saturated heterocycles. The highest BCUT2D eigenvalue weighted by Gasteiger charge is 2.29. The van der Waals surface area contributed by atoms with Crippen LogP contribution in [-0.2, 0) is 27.4 Å². The fraction of sp³-hybridized carbons (Fsp3) is 0.400. The molecular formula is C25H25F5N4O4. The lowest BCUT2D eigenvalue weighted by Gasteiger charge is -2.24. The van der Waals surface area contributed by atoms with Gasteiger partial charge >= 0.3 is 5.69 Å². The maximum Gasteiger partial charge on any atom is 0.329 e. The van der Waals surface area contributed by atoms with E-state index in [9.17, 15) is 36.3 Å². The molecule has 2 heterocycles. The van der Waals surface area contributed by atoms with Crippen LogP contribution in [0.2, 0.25) is 0 Å². The van der Waals surface area contributed by atoms with E-state index in [0.717, 1.165) is 21.1 Å². The summed E-state index contributed by atoms with van der Waals surface area (Å²) in [5.74, 6) is -12.1. The molecule has 13 heteroatoms. The van der Waals surface area contributed by atoms with Gasteiger partial charge in [-0.2, -0.15) is 0 Å². The number of carbonyl (C=O) groups is 2. The van der Waals surface area contributed by atoms with Gasteiger partial charge in [-0.3, -0.25) is 18.7 Å². The van der Waals surface area contributed by atoms with Crippen molar-refractivity contribution < 1.29 is 36.3 Å². The fourth-order valence-electron chi connectivity index (χ4n) is 4.53. The number of amides is 2. The van der Waals surface area contributed by atoms with Crippen LogP contribution in [0.5, 0.6) is 0 Å². The first-order chi connectivity index (χ1) is 17.9. The van der Waals surface area contributed by atoms with Crippen LogP contribution in [-0.4, -0.2) is 51.6 Å². The third kappa shape index (κ3) is 5.02. The average Bonchev–Trinajstić information content (AvgIpc) is 3.46. The fourth-order valence-corrected chi connectivity index (χ4v) is 4.53. The summed E-state index contributed by atoms with van der Waals surface area (Å²) in [5.41, 5.74) is 4.92. The van der Waals surface area contributed by atoms with Crippen LogP contribution >= 0.6 is 0 Å². The number of nitrogens with zero attached hydrogens (tertiary/aromatic N) is 3. The van der Waals surface area contributed by atoms with Crippen LogP contribution in [0, 0.1) is 42.9 Å². The molecule has 1 fully saturated rings. The summed E-state index contributed by atoms with van der Waals surface area (Å²) < 4.78 is 77.5. The summed E-state index contributed by atoms with van der Waals surface area (Å²) in [6, 6.07) is 3.10. The van der Waals surface area contributed by atoms with Crippen molar-refractivity contribution in [1.29, 1.82) is 0 Å². The summed E-state index contributed by atoms with van der Waals surface area (Å²) in [6.45, 7) is 2.05. The van der Waals surface area contributed by atoms with Gasteiger partial charge in [-0.25, -0.2) is 26.7 Å². The van der Waals surface area contributed by atoms with E-state index in [-0.39, 0.29) is 23.7 Å². The Labute approximate surface area is 213 Å². The quantitative estimate of drug-likeness (QED) is 0.270. The van der Waals surface area contributed by atoms with Crippen molar-refractivity contribution in [1.82, 2.24) is 14.0 Å². The smallest absolute Gasteiger partial charge is 0.329 e. The zero-order valence-corrected chi connectivity index (χ0v) is 20.6. The molecule has 0 saturated carbocycles. The zero-order chi connectivity index (χ0) is 27.9. The van der Waals surface area contributed by atoms with Crippen molar-refractivity contribution >= 4 is 22.8 Å². The first-order valence-electron chi connectivity index (χ1n) is 11.8. The van der Waals surface area contributed by atoms with E-state index in [1.807, 2.05) is 0 Å². The van der Waals surface area contributed by atoms with E-state index in [1.54, 1.807) is 19.9 Å². The Kier molecular flexibility index (Phi) is 7.58. The Morgan fingerprint density at radius 1 is 0.974 bits per heavy atom. The number of imidazole rings is 1. The summed E-state index contributed by atoms with van der Waals surface area (Å²) in [6.07, 6.45) is 1.14. The van der Waals surface area contributed by atoms with Crippen LogP contribution in [0.25, 0.3) is 11.0 Å². The lowest BCUT2D eigenvalue weighted by atomic mass is 10.1. The van der Waals surface area contributed by atoms with Crippen molar-refractivity contribution in [3.63, 3.8) is 0 Å². The van der Waals surface area contributed by atoms with Gasteiger partial charge in [-0.05, 0) is 49.9 Å². The second-order valence-corrected chi connectivity index (χ2v) is 9.30. The third-order valence-electron chi connectivity index (χ3n) is 6.69.